The Hall–Kier alpha value is -3.51. The summed E-state index contributed by atoms with van der Waals surface area (Å²) in [7, 11) is 0. The van der Waals surface area contributed by atoms with Gasteiger partial charge in [-0.3, -0.25) is 9.59 Å². The van der Waals surface area contributed by atoms with Crippen LogP contribution >= 0.6 is 11.6 Å². The van der Waals surface area contributed by atoms with Crippen molar-refractivity contribution in [1.29, 1.82) is 0 Å². The Bertz CT molecular complexity index is 1070. The molecule has 3 aromatic carbocycles. The quantitative estimate of drug-likeness (QED) is 0.499. The third kappa shape index (κ3) is 6.23. The zero-order valence-corrected chi connectivity index (χ0v) is 18.0. The number of rotatable bonds is 8. The van der Waals surface area contributed by atoms with E-state index in [-0.39, 0.29) is 18.4 Å². The largest absolute Gasteiger partial charge is 0.492 e. The van der Waals surface area contributed by atoms with Crippen LogP contribution in [0, 0.1) is 6.92 Å². The number of amides is 2. The van der Waals surface area contributed by atoms with Gasteiger partial charge in [-0.1, -0.05) is 23.7 Å². The molecule has 2 N–H and O–H groups in total. The van der Waals surface area contributed by atoms with Crippen LogP contribution in [0.1, 0.15) is 22.8 Å². The fraction of sp³-hybridized carbons (Fsp3) is 0.167. The molecular formula is C24H23ClN2O4. The smallest absolute Gasteiger partial charge is 0.262 e. The van der Waals surface area contributed by atoms with Crippen LogP contribution in [0.2, 0.25) is 5.02 Å². The lowest BCUT2D eigenvalue weighted by molar-refractivity contribution is -0.118. The first kappa shape index (κ1) is 22.2. The molecule has 0 aliphatic carbocycles. The lowest BCUT2D eigenvalue weighted by Crippen LogP contribution is -2.20. The highest BCUT2D eigenvalue weighted by Crippen LogP contribution is 2.24. The predicted octanol–water partition coefficient (Wildman–Crippen LogP) is 5.32. The van der Waals surface area contributed by atoms with Crippen molar-refractivity contribution in [2.45, 2.75) is 13.8 Å². The molecule has 3 rings (SSSR count). The van der Waals surface area contributed by atoms with Crippen LogP contribution in [0.4, 0.5) is 11.4 Å². The van der Waals surface area contributed by atoms with E-state index >= 15 is 0 Å². The standard InChI is InChI=1S/C24H23ClN2O4/c1-3-30-22-7-5-4-6-21(22)27-24(29)17-8-11-19(12-9-17)31-15-23(28)26-20-13-10-18(25)14-16(20)2/h4-14H,3,15H2,1-2H3,(H,26,28)(H,27,29). The first-order valence-electron chi connectivity index (χ1n) is 9.78. The summed E-state index contributed by atoms with van der Waals surface area (Å²) in [6.45, 7) is 4.09. The molecule has 0 saturated heterocycles. The average Bonchev–Trinajstić information content (AvgIpc) is 2.76. The first-order chi connectivity index (χ1) is 15.0. The van der Waals surface area contributed by atoms with E-state index < -0.39 is 0 Å². The number of halogens is 1. The van der Waals surface area contributed by atoms with Gasteiger partial charge in [0.2, 0.25) is 0 Å². The summed E-state index contributed by atoms with van der Waals surface area (Å²) in [6, 6.07) is 19.0. The van der Waals surface area contributed by atoms with Crippen LogP contribution in [0.25, 0.3) is 0 Å². The molecule has 0 unspecified atom stereocenters. The lowest BCUT2D eigenvalue weighted by Gasteiger charge is -2.12. The molecule has 0 saturated carbocycles. The molecule has 6 nitrogen and oxygen atoms in total. The van der Waals surface area contributed by atoms with Crippen molar-refractivity contribution in [1.82, 2.24) is 0 Å². The minimum Gasteiger partial charge on any atom is -0.492 e. The molecule has 0 radical (unpaired) electrons. The Morgan fingerprint density at radius 1 is 0.903 bits per heavy atom. The van der Waals surface area contributed by atoms with Crippen molar-refractivity contribution >= 4 is 34.8 Å². The van der Waals surface area contributed by atoms with E-state index in [1.807, 2.05) is 26.0 Å². The van der Waals surface area contributed by atoms with Gasteiger partial charge < -0.3 is 20.1 Å². The van der Waals surface area contributed by atoms with Crippen LogP contribution in [-0.2, 0) is 4.79 Å². The maximum atomic E-state index is 12.5. The molecule has 7 heteroatoms. The van der Waals surface area contributed by atoms with E-state index in [0.29, 0.717) is 40.1 Å². The molecule has 0 aromatic heterocycles. The molecule has 31 heavy (non-hydrogen) atoms. The minimum atomic E-state index is -0.292. The zero-order valence-electron chi connectivity index (χ0n) is 17.3. The van der Waals surface area contributed by atoms with Crippen molar-refractivity contribution in [2.24, 2.45) is 0 Å². The number of aryl methyl sites for hydroxylation is 1. The number of benzene rings is 3. The fourth-order valence-corrected chi connectivity index (χ4v) is 3.08. The number of hydrogen-bond donors (Lipinski definition) is 2. The average molecular weight is 439 g/mol. The maximum absolute atomic E-state index is 12.5. The molecule has 0 heterocycles. The van der Waals surface area contributed by atoms with Gasteiger partial charge >= 0.3 is 0 Å². The van der Waals surface area contributed by atoms with Crippen molar-refractivity contribution in [2.75, 3.05) is 23.8 Å². The molecular weight excluding hydrogens is 416 g/mol. The van der Waals surface area contributed by atoms with E-state index in [4.69, 9.17) is 21.1 Å². The van der Waals surface area contributed by atoms with Crippen LogP contribution in [-0.4, -0.2) is 25.0 Å². The van der Waals surface area contributed by atoms with Gasteiger partial charge in [-0.2, -0.15) is 0 Å². The topological polar surface area (TPSA) is 76.7 Å². The van der Waals surface area contributed by atoms with Gasteiger partial charge in [-0.05, 0) is 74.0 Å². The van der Waals surface area contributed by atoms with Gasteiger partial charge in [-0.15, -0.1) is 0 Å². The molecule has 0 aliphatic heterocycles. The summed E-state index contributed by atoms with van der Waals surface area (Å²) >= 11 is 5.92. The zero-order chi connectivity index (χ0) is 22.2. The summed E-state index contributed by atoms with van der Waals surface area (Å²) in [5, 5.41) is 6.23. The van der Waals surface area contributed by atoms with Gasteiger partial charge in [0.15, 0.2) is 6.61 Å². The normalized spacial score (nSPS) is 10.3. The molecule has 2 amide bonds. The highest BCUT2D eigenvalue weighted by atomic mass is 35.5. The Morgan fingerprint density at radius 3 is 2.35 bits per heavy atom. The summed E-state index contributed by atoms with van der Waals surface area (Å²) < 4.78 is 11.0. The number of para-hydroxylation sites is 2. The Morgan fingerprint density at radius 2 is 1.65 bits per heavy atom. The lowest BCUT2D eigenvalue weighted by atomic mass is 10.2. The van der Waals surface area contributed by atoms with E-state index in [0.717, 1.165) is 5.56 Å². The molecule has 0 spiro atoms. The van der Waals surface area contributed by atoms with Crippen molar-refractivity contribution in [3.8, 4) is 11.5 Å². The Balaban J connectivity index is 1.55. The van der Waals surface area contributed by atoms with Crippen LogP contribution < -0.4 is 20.1 Å². The van der Waals surface area contributed by atoms with E-state index in [2.05, 4.69) is 10.6 Å². The second kappa shape index (κ2) is 10.5. The van der Waals surface area contributed by atoms with Crippen LogP contribution in [0.5, 0.6) is 11.5 Å². The van der Waals surface area contributed by atoms with E-state index in [1.165, 1.54) is 0 Å². The summed E-state index contributed by atoms with van der Waals surface area (Å²) in [4.78, 5) is 24.7. The molecule has 0 bridgehead atoms. The highest BCUT2D eigenvalue weighted by Gasteiger charge is 2.11. The monoisotopic (exact) mass is 438 g/mol. The molecule has 0 aliphatic rings. The Kier molecular flexibility index (Phi) is 7.51. The van der Waals surface area contributed by atoms with Gasteiger partial charge in [-0.25, -0.2) is 0 Å². The highest BCUT2D eigenvalue weighted by molar-refractivity contribution is 6.30. The second-order valence-electron chi connectivity index (χ2n) is 6.70. The molecule has 0 atom stereocenters. The van der Waals surface area contributed by atoms with Crippen molar-refractivity contribution < 1.29 is 19.1 Å². The van der Waals surface area contributed by atoms with Crippen LogP contribution in [0.3, 0.4) is 0 Å². The summed E-state index contributed by atoms with van der Waals surface area (Å²) in [5.74, 6) is 0.531. The second-order valence-corrected chi connectivity index (χ2v) is 7.14. The number of carbonyl (C=O) groups excluding carboxylic acids is 2. The summed E-state index contributed by atoms with van der Waals surface area (Å²) in [6.07, 6.45) is 0. The summed E-state index contributed by atoms with van der Waals surface area (Å²) in [5.41, 5.74) is 2.60. The predicted molar refractivity (Wildman–Crippen MR) is 122 cm³/mol. The molecule has 0 fully saturated rings. The first-order valence-corrected chi connectivity index (χ1v) is 10.2. The molecule has 160 valence electrons. The molecule has 3 aromatic rings. The van der Waals surface area contributed by atoms with E-state index in [1.54, 1.807) is 54.6 Å². The van der Waals surface area contributed by atoms with Gasteiger partial charge in [0.25, 0.3) is 11.8 Å². The number of nitrogens with one attached hydrogen (secondary N) is 2. The van der Waals surface area contributed by atoms with Gasteiger partial charge in [0.1, 0.15) is 11.5 Å². The van der Waals surface area contributed by atoms with Gasteiger partial charge in [0, 0.05) is 16.3 Å². The maximum Gasteiger partial charge on any atom is 0.262 e. The fourth-order valence-electron chi connectivity index (χ4n) is 2.85. The number of ether oxygens (including phenoxy) is 2. The van der Waals surface area contributed by atoms with E-state index in [9.17, 15) is 9.59 Å². The SMILES string of the molecule is CCOc1ccccc1NC(=O)c1ccc(OCC(=O)Nc2ccc(Cl)cc2C)cc1. The Labute approximate surface area is 186 Å². The third-order valence-corrected chi connectivity index (χ3v) is 4.62. The number of carbonyl (C=O) groups is 2. The number of hydrogen-bond acceptors (Lipinski definition) is 4. The van der Waals surface area contributed by atoms with Crippen molar-refractivity contribution in [3.05, 3.63) is 82.9 Å². The minimum absolute atomic E-state index is 0.157. The van der Waals surface area contributed by atoms with Gasteiger partial charge in [0.05, 0.1) is 12.3 Å². The van der Waals surface area contributed by atoms with Crippen LogP contribution in [0.15, 0.2) is 66.7 Å². The third-order valence-electron chi connectivity index (χ3n) is 4.38. The number of anilines is 2. The van der Waals surface area contributed by atoms with Crippen molar-refractivity contribution in [3.63, 3.8) is 0 Å².